The molecule has 15 heavy (non-hydrogen) atoms. The van der Waals surface area contributed by atoms with Gasteiger partial charge in [-0.2, -0.15) is 13.2 Å². The van der Waals surface area contributed by atoms with Gasteiger partial charge >= 0.3 is 6.18 Å². The van der Waals surface area contributed by atoms with E-state index in [0.717, 1.165) is 6.92 Å². The van der Waals surface area contributed by atoms with Gasteiger partial charge in [-0.05, 0) is 20.3 Å². The highest BCUT2D eigenvalue weighted by Gasteiger charge is 2.46. The van der Waals surface area contributed by atoms with Crippen molar-refractivity contribution < 1.29 is 22.6 Å². The van der Waals surface area contributed by atoms with Gasteiger partial charge in [0.05, 0.1) is 12.2 Å². The summed E-state index contributed by atoms with van der Waals surface area (Å²) in [7, 11) is 0. The predicted octanol–water partition coefficient (Wildman–Crippen LogP) is 1.46. The minimum absolute atomic E-state index is 0.213. The van der Waals surface area contributed by atoms with E-state index in [0.29, 0.717) is 13.0 Å². The average Bonchev–Trinajstić information content (AvgIpc) is 2.12. The first-order valence-corrected chi connectivity index (χ1v) is 4.95. The van der Waals surface area contributed by atoms with Crippen molar-refractivity contribution in [2.24, 2.45) is 5.73 Å². The van der Waals surface area contributed by atoms with Gasteiger partial charge in [0.25, 0.3) is 0 Å². The number of halogens is 3. The van der Waals surface area contributed by atoms with E-state index in [1.165, 1.54) is 0 Å². The zero-order valence-corrected chi connectivity index (χ0v) is 8.75. The smallest absolute Gasteiger partial charge is 0.374 e. The third-order valence-corrected chi connectivity index (χ3v) is 2.49. The summed E-state index contributed by atoms with van der Waals surface area (Å²) in [6.07, 6.45) is -6.60. The molecule has 1 aliphatic carbocycles. The Labute approximate surface area is 86.7 Å². The minimum Gasteiger partial charge on any atom is -0.374 e. The van der Waals surface area contributed by atoms with Crippen LogP contribution in [0, 0.1) is 0 Å². The number of ether oxygens (including phenoxy) is 2. The molecule has 4 unspecified atom stereocenters. The Morgan fingerprint density at radius 3 is 2.47 bits per heavy atom. The molecule has 0 aromatic heterocycles. The molecule has 0 aromatic rings. The molecule has 0 radical (unpaired) electrons. The highest BCUT2D eigenvalue weighted by molar-refractivity contribution is 4.95. The van der Waals surface area contributed by atoms with Crippen molar-refractivity contribution in [1.82, 2.24) is 0 Å². The molecule has 2 N–H and O–H groups in total. The summed E-state index contributed by atoms with van der Waals surface area (Å²) in [5, 5.41) is 0. The third-order valence-electron chi connectivity index (χ3n) is 2.49. The minimum atomic E-state index is -4.32. The molecule has 0 aromatic carbocycles. The molecule has 0 spiro atoms. The van der Waals surface area contributed by atoms with Crippen LogP contribution in [0.4, 0.5) is 13.2 Å². The fourth-order valence-electron chi connectivity index (χ4n) is 1.51. The Morgan fingerprint density at radius 1 is 1.47 bits per heavy atom. The van der Waals surface area contributed by atoms with E-state index in [9.17, 15) is 13.2 Å². The van der Waals surface area contributed by atoms with Gasteiger partial charge in [0.2, 0.25) is 0 Å². The normalized spacial score (nSPS) is 33.6. The maximum atomic E-state index is 12.2. The van der Waals surface area contributed by atoms with Crippen LogP contribution in [0.5, 0.6) is 0 Å². The van der Waals surface area contributed by atoms with Crippen LogP contribution in [0.2, 0.25) is 0 Å². The van der Waals surface area contributed by atoms with Gasteiger partial charge in [0.15, 0.2) is 6.10 Å². The van der Waals surface area contributed by atoms with Crippen LogP contribution < -0.4 is 5.73 Å². The summed E-state index contributed by atoms with van der Waals surface area (Å²) in [5.41, 5.74) is 5.60. The zero-order valence-electron chi connectivity index (χ0n) is 8.75. The molecule has 0 aliphatic heterocycles. The van der Waals surface area contributed by atoms with Gasteiger partial charge in [-0.1, -0.05) is 0 Å². The fraction of sp³-hybridized carbons (Fsp3) is 1.00. The maximum Gasteiger partial charge on any atom is 0.414 e. The Kier molecular flexibility index (Phi) is 3.97. The molecule has 90 valence electrons. The molecule has 1 aliphatic rings. The van der Waals surface area contributed by atoms with E-state index in [2.05, 4.69) is 0 Å². The molecule has 0 amide bonds. The lowest BCUT2D eigenvalue weighted by Crippen LogP contribution is -2.59. The second kappa shape index (κ2) is 4.67. The largest absolute Gasteiger partial charge is 0.414 e. The molecular formula is C9H16F3NO2. The molecular weight excluding hydrogens is 211 g/mol. The molecule has 0 bridgehead atoms. The predicted molar refractivity (Wildman–Crippen MR) is 48.4 cm³/mol. The zero-order chi connectivity index (χ0) is 11.6. The Hall–Kier alpha value is -0.330. The maximum absolute atomic E-state index is 12.2. The number of nitrogens with two attached hydrogens (primary N) is 1. The van der Waals surface area contributed by atoms with Crippen LogP contribution in [0.3, 0.4) is 0 Å². The second-order valence-electron chi connectivity index (χ2n) is 3.68. The fourth-order valence-corrected chi connectivity index (χ4v) is 1.51. The summed E-state index contributed by atoms with van der Waals surface area (Å²) in [5.74, 6) is 0. The van der Waals surface area contributed by atoms with Gasteiger partial charge in [-0.3, -0.25) is 0 Å². The molecule has 0 saturated heterocycles. The first-order chi connectivity index (χ1) is 6.86. The van der Waals surface area contributed by atoms with Crippen molar-refractivity contribution in [2.75, 3.05) is 6.61 Å². The highest BCUT2D eigenvalue weighted by atomic mass is 19.4. The molecule has 0 heterocycles. The van der Waals surface area contributed by atoms with E-state index in [1.54, 1.807) is 6.92 Å². The lowest BCUT2D eigenvalue weighted by Gasteiger charge is -2.42. The second-order valence-corrected chi connectivity index (χ2v) is 3.68. The van der Waals surface area contributed by atoms with Crippen LogP contribution in [0.1, 0.15) is 20.3 Å². The van der Waals surface area contributed by atoms with Gasteiger partial charge in [0.1, 0.15) is 0 Å². The third kappa shape index (κ3) is 3.06. The topological polar surface area (TPSA) is 44.5 Å². The van der Waals surface area contributed by atoms with Gasteiger partial charge in [0, 0.05) is 12.6 Å². The summed E-state index contributed by atoms with van der Waals surface area (Å²) < 4.78 is 46.6. The van der Waals surface area contributed by atoms with Gasteiger partial charge < -0.3 is 15.2 Å². The molecule has 3 nitrogen and oxygen atoms in total. The van der Waals surface area contributed by atoms with Crippen molar-refractivity contribution in [3.63, 3.8) is 0 Å². The van der Waals surface area contributed by atoms with Crippen LogP contribution in [-0.4, -0.2) is 37.1 Å². The van der Waals surface area contributed by atoms with Crippen LogP contribution in [0.25, 0.3) is 0 Å². The molecule has 1 rings (SSSR count). The molecule has 4 atom stereocenters. The quantitative estimate of drug-likeness (QED) is 0.790. The monoisotopic (exact) mass is 227 g/mol. The Balaban J connectivity index is 2.40. The number of hydrogen-bond acceptors (Lipinski definition) is 3. The van der Waals surface area contributed by atoms with E-state index in [4.69, 9.17) is 15.2 Å². The lowest BCUT2D eigenvalue weighted by molar-refractivity contribution is -0.254. The molecule has 6 heteroatoms. The van der Waals surface area contributed by atoms with E-state index >= 15 is 0 Å². The first-order valence-electron chi connectivity index (χ1n) is 4.95. The van der Waals surface area contributed by atoms with Crippen molar-refractivity contribution in [1.29, 1.82) is 0 Å². The van der Waals surface area contributed by atoms with Crippen LogP contribution in [0.15, 0.2) is 0 Å². The van der Waals surface area contributed by atoms with E-state index in [1.807, 2.05) is 0 Å². The van der Waals surface area contributed by atoms with Crippen molar-refractivity contribution >= 4 is 0 Å². The molecule has 1 fully saturated rings. The van der Waals surface area contributed by atoms with Crippen LogP contribution >= 0.6 is 0 Å². The summed E-state index contributed by atoms with van der Waals surface area (Å²) in [6.45, 7) is 3.20. The standard InChI is InChI=1S/C9H16F3NO2/c1-3-14-8-6(13)4-7(8)15-5(2)9(10,11)12/h5-8H,3-4,13H2,1-2H3. The van der Waals surface area contributed by atoms with Crippen LogP contribution in [-0.2, 0) is 9.47 Å². The molecule has 1 saturated carbocycles. The number of alkyl halides is 3. The summed E-state index contributed by atoms with van der Waals surface area (Å²) in [4.78, 5) is 0. The van der Waals surface area contributed by atoms with Gasteiger partial charge in [-0.25, -0.2) is 0 Å². The SMILES string of the molecule is CCOC1C(N)CC1OC(C)C(F)(F)F. The van der Waals surface area contributed by atoms with Gasteiger partial charge in [-0.15, -0.1) is 0 Å². The Bertz CT molecular complexity index is 210. The van der Waals surface area contributed by atoms with Crippen molar-refractivity contribution in [3.8, 4) is 0 Å². The Morgan fingerprint density at radius 2 is 2.07 bits per heavy atom. The number of rotatable bonds is 4. The van der Waals surface area contributed by atoms with E-state index < -0.39 is 24.5 Å². The lowest BCUT2D eigenvalue weighted by atomic mass is 9.86. The highest BCUT2D eigenvalue weighted by Crippen LogP contribution is 2.31. The van der Waals surface area contributed by atoms with Crippen molar-refractivity contribution in [2.45, 2.75) is 50.8 Å². The summed E-state index contributed by atoms with van der Waals surface area (Å²) >= 11 is 0. The number of hydrogen-bond donors (Lipinski definition) is 1. The average molecular weight is 227 g/mol. The first kappa shape index (κ1) is 12.7. The van der Waals surface area contributed by atoms with E-state index in [-0.39, 0.29) is 6.04 Å². The van der Waals surface area contributed by atoms with Crippen molar-refractivity contribution in [3.05, 3.63) is 0 Å². The summed E-state index contributed by atoms with van der Waals surface area (Å²) in [6, 6.07) is -0.213.